The summed E-state index contributed by atoms with van der Waals surface area (Å²) in [4.78, 5) is 11.3. The van der Waals surface area contributed by atoms with E-state index in [0.29, 0.717) is 5.95 Å². The molecule has 4 nitrogen and oxygen atoms in total. The molecule has 0 radical (unpaired) electrons. The fourth-order valence-corrected chi connectivity index (χ4v) is 2.95. The van der Waals surface area contributed by atoms with Crippen LogP contribution >= 0.6 is 11.3 Å². The Labute approximate surface area is 121 Å². The summed E-state index contributed by atoms with van der Waals surface area (Å²) in [6, 6.07) is 12.4. The van der Waals surface area contributed by atoms with Crippen LogP contribution in [-0.2, 0) is 6.54 Å². The summed E-state index contributed by atoms with van der Waals surface area (Å²) in [6.07, 6.45) is 0. The minimum absolute atomic E-state index is 0.648. The largest absolute Gasteiger partial charge is 0.365 e. The number of nitrogens with one attached hydrogen (secondary N) is 2. The molecule has 20 heavy (non-hydrogen) atoms. The molecular weight excluding hydrogens is 268 g/mol. The summed E-state index contributed by atoms with van der Waals surface area (Å²) < 4.78 is 0. The van der Waals surface area contributed by atoms with Gasteiger partial charge in [0.05, 0.1) is 5.39 Å². The number of hydrogen-bond acceptors (Lipinski definition) is 5. The Morgan fingerprint density at radius 2 is 1.95 bits per heavy atom. The van der Waals surface area contributed by atoms with Gasteiger partial charge in [-0.25, -0.2) is 4.98 Å². The molecule has 102 valence electrons. The Morgan fingerprint density at radius 3 is 2.70 bits per heavy atom. The van der Waals surface area contributed by atoms with E-state index in [1.807, 2.05) is 25.2 Å². The minimum Gasteiger partial charge on any atom is -0.365 e. The quantitative estimate of drug-likeness (QED) is 0.767. The zero-order valence-corrected chi connectivity index (χ0v) is 12.3. The average Bonchev–Trinajstić information content (AvgIpc) is 2.86. The van der Waals surface area contributed by atoms with Gasteiger partial charge in [0.25, 0.3) is 0 Å². The van der Waals surface area contributed by atoms with Gasteiger partial charge in [0, 0.05) is 18.5 Å². The predicted octanol–water partition coefficient (Wildman–Crippen LogP) is 3.65. The van der Waals surface area contributed by atoms with E-state index in [0.717, 1.165) is 22.6 Å². The Balaban J connectivity index is 1.93. The first kappa shape index (κ1) is 12.9. The molecule has 2 heterocycles. The van der Waals surface area contributed by atoms with E-state index in [4.69, 9.17) is 0 Å². The Bertz CT molecular complexity index is 721. The van der Waals surface area contributed by atoms with Crippen LogP contribution in [0.15, 0.2) is 36.4 Å². The molecule has 1 aromatic carbocycles. The van der Waals surface area contributed by atoms with Crippen LogP contribution in [0.4, 0.5) is 11.8 Å². The molecule has 2 aromatic heterocycles. The van der Waals surface area contributed by atoms with Gasteiger partial charge in [-0.2, -0.15) is 4.98 Å². The lowest BCUT2D eigenvalue weighted by Crippen LogP contribution is -2.04. The lowest BCUT2D eigenvalue weighted by atomic mass is 10.2. The number of aryl methyl sites for hydroxylation is 1. The molecule has 5 heteroatoms. The SMILES string of the molecule is CNc1nc(NCc2ccccc2)c2cc(C)sc2n1. The van der Waals surface area contributed by atoms with Crippen LogP contribution in [0.25, 0.3) is 10.2 Å². The second-order valence-corrected chi connectivity index (χ2v) is 5.80. The monoisotopic (exact) mass is 284 g/mol. The maximum Gasteiger partial charge on any atom is 0.225 e. The Kier molecular flexibility index (Phi) is 3.52. The second-order valence-electron chi connectivity index (χ2n) is 4.56. The first-order valence-corrected chi connectivity index (χ1v) is 7.31. The normalized spacial score (nSPS) is 10.7. The van der Waals surface area contributed by atoms with Crippen molar-refractivity contribution in [2.24, 2.45) is 0 Å². The van der Waals surface area contributed by atoms with Crippen LogP contribution < -0.4 is 10.6 Å². The summed E-state index contributed by atoms with van der Waals surface area (Å²) in [5.74, 6) is 1.53. The minimum atomic E-state index is 0.648. The van der Waals surface area contributed by atoms with E-state index in [9.17, 15) is 0 Å². The standard InChI is InChI=1S/C15H16N4S/c1-10-8-12-13(17-9-11-6-4-3-5-7-11)18-15(16-2)19-14(12)20-10/h3-8H,9H2,1-2H3,(H2,16,17,18,19). The first-order chi connectivity index (χ1) is 9.76. The van der Waals surface area contributed by atoms with E-state index < -0.39 is 0 Å². The molecule has 0 bridgehead atoms. The number of anilines is 2. The topological polar surface area (TPSA) is 49.8 Å². The zero-order chi connectivity index (χ0) is 13.9. The highest BCUT2D eigenvalue weighted by atomic mass is 32.1. The fourth-order valence-electron chi connectivity index (χ4n) is 2.07. The molecule has 0 spiro atoms. The van der Waals surface area contributed by atoms with Crippen molar-refractivity contribution in [3.8, 4) is 0 Å². The summed E-state index contributed by atoms with van der Waals surface area (Å²) in [7, 11) is 1.84. The van der Waals surface area contributed by atoms with Gasteiger partial charge in [0.15, 0.2) is 0 Å². The first-order valence-electron chi connectivity index (χ1n) is 6.50. The molecule has 0 amide bonds. The summed E-state index contributed by atoms with van der Waals surface area (Å²) >= 11 is 1.69. The number of rotatable bonds is 4. The molecule has 0 saturated heterocycles. The summed E-state index contributed by atoms with van der Waals surface area (Å²) in [5.41, 5.74) is 1.23. The van der Waals surface area contributed by atoms with E-state index in [-0.39, 0.29) is 0 Å². The fraction of sp³-hybridized carbons (Fsp3) is 0.200. The lowest BCUT2D eigenvalue weighted by molar-refractivity contribution is 1.10. The van der Waals surface area contributed by atoms with E-state index in [1.165, 1.54) is 10.4 Å². The van der Waals surface area contributed by atoms with Crippen molar-refractivity contribution >= 4 is 33.3 Å². The van der Waals surface area contributed by atoms with Crippen molar-refractivity contribution in [2.75, 3.05) is 17.7 Å². The van der Waals surface area contributed by atoms with E-state index in [2.05, 4.69) is 45.7 Å². The number of fused-ring (bicyclic) bond motifs is 1. The highest BCUT2D eigenvalue weighted by Gasteiger charge is 2.09. The number of hydrogen-bond donors (Lipinski definition) is 2. The molecule has 0 saturated carbocycles. The predicted molar refractivity (Wildman–Crippen MR) is 85.5 cm³/mol. The van der Waals surface area contributed by atoms with Gasteiger partial charge in [-0.15, -0.1) is 11.3 Å². The van der Waals surface area contributed by atoms with E-state index in [1.54, 1.807) is 11.3 Å². The highest BCUT2D eigenvalue weighted by molar-refractivity contribution is 7.18. The van der Waals surface area contributed by atoms with Crippen LogP contribution in [0, 0.1) is 6.92 Å². The van der Waals surface area contributed by atoms with Gasteiger partial charge in [0.1, 0.15) is 10.6 Å². The maximum absolute atomic E-state index is 4.52. The second kappa shape index (κ2) is 5.46. The van der Waals surface area contributed by atoms with Crippen molar-refractivity contribution in [1.82, 2.24) is 9.97 Å². The van der Waals surface area contributed by atoms with Gasteiger partial charge in [-0.3, -0.25) is 0 Å². The van der Waals surface area contributed by atoms with Crippen LogP contribution in [0.2, 0.25) is 0 Å². The molecule has 0 aliphatic carbocycles. The van der Waals surface area contributed by atoms with Gasteiger partial charge in [0.2, 0.25) is 5.95 Å². The van der Waals surface area contributed by atoms with Crippen molar-refractivity contribution < 1.29 is 0 Å². The van der Waals surface area contributed by atoms with Crippen molar-refractivity contribution in [3.05, 3.63) is 46.8 Å². The Hall–Kier alpha value is -2.14. The summed E-state index contributed by atoms with van der Waals surface area (Å²) in [5, 5.41) is 7.50. The maximum atomic E-state index is 4.52. The number of nitrogens with zero attached hydrogens (tertiary/aromatic N) is 2. The molecule has 2 N–H and O–H groups in total. The highest BCUT2D eigenvalue weighted by Crippen LogP contribution is 2.29. The van der Waals surface area contributed by atoms with Gasteiger partial charge in [-0.1, -0.05) is 30.3 Å². The van der Waals surface area contributed by atoms with Crippen LogP contribution in [-0.4, -0.2) is 17.0 Å². The number of thiophene rings is 1. The summed E-state index contributed by atoms with van der Waals surface area (Å²) in [6.45, 7) is 2.84. The van der Waals surface area contributed by atoms with Gasteiger partial charge < -0.3 is 10.6 Å². The lowest BCUT2D eigenvalue weighted by Gasteiger charge is -2.08. The molecule has 0 aliphatic rings. The zero-order valence-electron chi connectivity index (χ0n) is 11.5. The van der Waals surface area contributed by atoms with Crippen molar-refractivity contribution in [1.29, 1.82) is 0 Å². The van der Waals surface area contributed by atoms with Crippen LogP contribution in [0.1, 0.15) is 10.4 Å². The molecule has 0 atom stereocenters. The van der Waals surface area contributed by atoms with Crippen molar-refractivity contribution in [3.63, 3.8) is 0 Å². The Morgan fingerprint density at radius 1 is 1.15 bits per heavy atom. The molecular formula is C15H16N4S. The molecule has 0 unspecified atom stereocenters. The van der Waals surface area contributed by atoms with Crippen LogP contribution in [0.5, 0.6) is 0 Å². The molecule has 3 aromatic rings. The van der Waals surface area contributed by atoms with Crippen LogP contribution in [0.3, 0.4) is 0 Å². The molecule has 0 aliphatic heterocycles. The number of aromatic nitrogens is 2. The van der Waals surface area contributed by atoms with E-state index >= 15 is 0 Å². The molecule has 3 rings (SSSR count). The van der Waals surface area contributed by atoms with Crippen molar-refractivity contribution in [2.45, 2.75) is 13.5 Å². The average molecular weight is 284 g/mol. The van der Waals surface area contributed by atoms with Gasteiger partial charge in [-0.05, 0) is 18.6 Å². The smallest absolute Gasteiger partial charge is 0.225 e. The third-order valence-electron chi connectivity index (χ3n) is 3.04. The third kappa shape index (κ3) is 2.58. The number of benzene rings is 1. The van der Waals surface area contributed by atoms with Gasteiger partial charge >= 0.3 is 0 Å². The molecule has 0 fully saturated rings. The third-order valence-corrected chi connectivity index (χ3v) is 3.99.